The van der Waals surface area contributed by atoms with Crippen LogP contribution < -0.4 is 4.90 Å². The van der Waals surface area contributed by atoms with Gasteiger partial charge in [0.25, 0.3) is 0 Å². The lowest BCUT2D eigenvalue weighted by Crippen LogP contribution is -2.18. The van der Waals surface area contributed by atoms with Gasteiger partial charge in [-0.3, -0.25) is 0 Å². The number of hydrogen-bond donors (Lipinski definition) is 0. The zero-order valence-corrected chi connectivity index (χ0v) is 10.7. The third kappa shape index (κ3) is 2.38. The smallest absolute Gasteiger partial charge is 0.164 e. The molecule has 0 aliphatic heterocycles. The first-order valence-corrected chi connectivity index (χ1v) is 6.15. The second kappa shape index (κ2) is 5.02. The zero-order valence-electron chi connectivity index (χ0n) is 10.7. The van der Waals surface area contributed by atoms with Crippen LogP contribution in [0.5, 0.6) is 0 Å². The molecule has 0 bridgehead atoms. The van der Waals surface area contributed by atoms with Crippen LogP contribution in [0.3, 0.4) is 0 Å². The maximum absolute atomic E-state index is 4.38. The molecule has 4 heteroatoms. The normalized spacial score (nSPS) is 10.6. The first kappa shape index (κ1) is 11.6. The SMILES string of the molecule is CN(Cc1ccccc1)c1ncnc2ncccc12. The molecule has 19 heavy (non-hydrogen) atoms. The molecule has 3 rings (SSSR count). The van der Waals surface area contributed by atoms with Crippen molar-refractivity contribution in [1.82, 2.24) is 15.0 Å². The van der Waals surface area contributed by atoms with E-state index in [0.717, 1.165) is 23.4 Å². The van der Waals surface area contributed by atoms with E-state index in [1.165, 1.54) is 5.56 Å². The summed E-state index contributed by atoms with van der Waals surface area (Å²) in [5.74, 6) is 0.905. The lowest BCUT2D eigenvalue weighted by atomic mass is 10.2. The van der Waals surface area contributed by atoms with Crippen LogP contribution in [-0.2, 0) is 6.54 Å². The molecule has 0 N–H and O–H groups in total. The molecule has 0 spiro atoms. The van der Waals surface area contributed by atoms with Crippen molar-refractivity contribution < 1.29 is 0 Å². The number of rotatable bonds is 3. The number of nitrogens with zero attached hydrogens (tertiary/aromatic N) is 4. The second-order valence-corrected chi connectivity index (χ2v) is 4.41. The van der Waals surface area contributed by atoms with E-state index in [9.17, 15) is 0 Å². The van der Waals surface area contributed by atoms with Crippen LogP contribution in [0, 0.1) is 0 Å². The molecule has 0 atom stereocenters. The summed E-state index contributed by atoms with van der Waals surface area (Å²) in [6.45, 7) is 0.807. The monoisotopic (exact) mass is 250 g/mol. The molecule has 0 aliphatic carbocycles. The summed E-state index contributed by atoms with van der Waals surface area (Å²) < 4.78 is 0. The maximum Gasteiger partial charge on any atom is 0.164 e. The molecular weight excluding hydrogens is 236 g/mol. The van der Waals surface area contributed by atoms with Crippen molar-refractivity contribution in [2.24, 2.45) is 0 Å². The van der Waals surface area contributed by atoms with Crippen LogP contribution in [0.25, 0.3) is 11.0 Å². The van der Waals surface area contributed by atoms with Gasteiger partial charge in [-0.05, 0) is 17.7 Å². The second-order valence-electron chi connectivity index (χ2n) is 4.41. The van der Waals surface area contributed by atoms with Crippen LogP contribution in [0.1, 0.15) is 5.56 Å². The van der Waals surface area contributed by atoms with Gasteiger partial charge in [0.1, 0.15) is 12.1 Å². The molecule has 0 saturated heterocycles. The number of pyridine rings is 1. The molecule has 94 valence electrons. The van der Waals surface area contributed by atoms with Gasteiger partial charge in [-0.1, -0.05) is 30.3 Å². The molecule has 0 unspecified atom stereocenters. The van der Waals surface area contributed by atoms with Gasteiger partial charge in [0, 0.05) is 19.8 Å². The summed E-state index contributed by atoms with van der Waals surface area (Å²) >= 11 is 0. The Labute approximate surface area is 111 Å². The summed E-state index contributed by atoms with van der Waals surface area (Å²) in [7, 11) is 2.03. The van der Waals surface area contributed by atoms with E-state index in [0.29, 0.717) is 0 Å². The molecular formula is C15H14N4. The highest BCUT2D eigenvalue weighted by Gasteiger charge is 2.08. The van der Waals surface area contributed by atoms with Gasteiger partial charge in [-0.2, -0.15) is 0 Å². The fourth-order valence-corrected chi connectivity index (χ4v) is 2.12. The van der Waals surface area contributed by atoms with E-state index in [1.54, 1.807) is 12.5 Å². The summed E-state index contributed by atoms with van der Waals surface area (Å²) in [5, 5.41) is 0.975. The topological polar surface area (TPSA) is 41.9 Å². The largest absolute Gasteiger partial charge is 0.355 e. The number of anilines is 1. The lowest BCUT2D eigenvalue weighted by Gasteiger charge is -2.19. The van der Waals surface area contributed by atoms with Gasteiger partial charge >= 0.3 is 0 Å². The zero-order chi connectivity index (χ0) is 13.1. The van der Waals surface area contributed by atoms with E-state index in [1.807, 2.05) is 37.4 Å². The minimum Gasteiger partial charge on any atom is -0.355 e. The van der Waals surface area contributed by atoms with Gasteiger partial charge < -0.3 is 4.90 Å². The van der Waals surface area contributed by atoms with Crippen molar-refractivity contribution in [2.75, 3.05) is 11.9 Å². The van der Waals surface area contributed by atoms with Crippen LogP contribution in [0.2, 0.25) is 0 Å². The number of hydrogen-bond acceptors (Lipinski definition) is 4. The van der Waals surface area contributed by atoms with Crippen LogP contribution in [0.4, 0.5) is 5.82 Å². The van der Waals surface area contributed by atoms with E-state index in [4.69, 9.17) is 0 Å². The number of aromatic nitrogens is 3. The van der Waals surface area contributed by atoms with Crippen LogP contribution in [0.15, 0.2) is 55.0 Å². The standard InChI is InChI=1S/C15H14N4/c1-19(10-12-6-3-2-4-7-12)15-13-8-5-9-16-14(13)17-11-18-15/h2-9,11H,10H2,1H3. The van der Waals surface area contributed by atoms with Crippen LogP contribution in [-0.4, -0.2) is 22.0 Å². The summed E-state index contributed by atoms with van der Waals surface area (Å²) in [6.07, 6.45) is 3.31. The Bertz CT molecular complexity index is 677. The van der Waals surface area contributed by atoms with Gasteiger partial charge in [-0.15, -0.1) is 0 Å². The van der Waals surface area contributed by atoms with Crippen molar-refractivity contribution >= 4 is 16.9 Å². The first-order chi connectivity index (χ1) is 9.34. The Kier molecular flexibility index (Phi) is 3.06. The average molecular weight is 250 g/mol. The molecule has 0 aliphatic rings. The van der Waals surface area contributed by atoms with Crippen LogP contribution >= 0.6 is 0 Å². The summed E-state index contributed by atoms with van der Waals surface area (Å²) in [4.78, 5) is 14.9. The first-order valence-electron chi connectivity index (χ1n) is 6.15. The Balaban J connectivity index is 1.96. The highest BCUT2D eigenvalue weighted by molar-refractivity contribution is 5.86. The third-order valence-corrected chi connectivity index (χ3v) is 3.01. The van der Waals surface area contributed by atoms with Gasteiger partial charge in [0.05, 0.1) is 5.39 Å². The lowest BCUT2D eigenvalue weighted by molar-refractivity contribution is 0.899. The highest BCUT2D eigenvalue weighted by atomic mass is 15.2. The van der Waals surface area contributed by atoms with Crippen molar-refractivity contribution in [1.29, 1.82) is 0 Å². The molecule has 1 aromatic carbocycles. The minimum atomic E-state index is 0.729. The van der Waals surface area contributed by atoms with Gasteiger partial charge in [-0.25, -0.2) is 15.0 Å². The van der Waals surface area contributed by atoms with E-state index in [2.05, 4.69) is 32.0 Å². The Morgan fingerprint density at radius 2 is 1.79 bits per heavy atom. The number of fused-ring (bicyclic) bond motifs is 1. The van der Waals surface area contributed by atoms with Gasteiger partial charge in [0.15, 0.2) is 5.65 Å². The van der Waals surface area contributed by atoms with E-state index < -0.39 is 0 Å². The average Bonchev–Trinajstić information content (AvgIpc) is 2.47. The van der Waals surface area contributed by atoms with Gasteiger partial charge in [0.2, 0.25) is 0 Å². The predicted molar refractivity (Wildman–Crippen MR) is 75.9 cm³/mol. The third-order valence-electron chi connectivity index (χ3n) is 3.01. The molecule has 0 saturated carbocycles. The summed E-state index contributed by atoms with van der Waals surface area (Å²) in [5.41, 5.74) is 1.98. The molecule has 2 aromatic heterocycles. The maximum atomic E-state index is 4.38. The summed E-state index contributed by atoms with van der Waals surface area (Å²) in [6, 6.07) is 14.2. The molecule has 4 nitrogen and oxygen atoms in total. The molecule has 0 amide bonds. The quantitative estimate of drug-likeness (QED) is 0.716. The number of benzene rings is 1. The van der Waals surface area contributed by atoms with Crippen molar-refractivity contribution in [3.63, 3.8) is 0 Å². The molecule has 0 radical (unpaired) electrons. The van der Waals surface area contributed by atoms with Crippen molar-refractivity contribution in [2.45, 2.75) is 6.54 Å². The highest BCUT2D eigenvalue weighted by Crippen LogP contribution is 2.21. The van der Waals surface area contributed by atoms with E-state index >= 15 is 0 Å². The minimum absolute atomic E-state index is 0.729. The van der Waals surface area contributed by atoms with E-state index in [-0.39, 0.29) is 0 Å². The molecule has 3 aromatic rings. The van der Waals surface area contributed by atoms with Crippen molar-refractivity contribution in [3.8, 4) is 0 Å². The fourth-order valence-electron chi connectivity index (χ4n) is 2.12. The van der Waals surface area contributed by atoms with Crippen molar-refractivity contribution in [3.05, 3.63) is 60.6 Å². The predicted octanol–water partition coefficient (Wildman–Crippen LogP) is 2.66. The fraction of sp³-hybridized carbons (Fsp3) is 0.133. The molecule has 0 fully saturated rings. The Morgan fingerprint density at radius 1 is 0.947 bits per heavy atom. The Hall–Kier alpha value is -2.49. The Morgan fingerprint density at radius 3 is 2.63 bits per heavy atom. The molecule has 2 heterocycles.